The summed E-state index contributed by atoms with van der Waals surface area (Å²) in [6, 6.07) is 8.85. The molecule has 22 heavy (non-hydrogen) atoms. The Kier molecular flexibility index (Phi) is 4.11. The third-order valence-corrected chi connectivity index (χ3v) is 3.74. The zero-order valence-electron chi connectivity index (χ0n) is 11.8. The van der Waals surface area contributed by atoms with Gasteiger partial charge in [-0.3, -0.25) is 9.59 Å². The number of rotatable bonds is 4. The number of amides is 2. The minimum atomic E-state index is -0.231. The summed E-state index contributed by atoms with van der Waals surface area (Å²) in [6.07, 6.45) is 2.94. The van der Waals surface area contributed by atoms with E-state index in [9.17, 15) is 9.59 Å². The van der Waals surface area contributed by atoms with Gasteiger partial charge in [0.1, 0.15) is 5.82 Å². The summed E-state index contributed by atoms with van der Waals surface area (Å²) >= 11 is 5.87. The van der Waals surface area contributed by atoms with Crippen molar-refractivity contribution >= 4 is 29.2 Å². The number of likely N-dealkylation sites (tertiary alicyclic amines) is 1. The molecule has 1 aromatic carbocycles. The fourth-order valence-electron chi connectivity index (χ4n) is 2.41. The lowest BCUT2D eigenvalue weighted by molar-refractivity contribution is -0.131. The minimum absolute atomic E-state index is 0.0290. The van der Waals surface area contributed by atoms with Crippen molar-refractivity contribution < 1.29 is 9.59 Å². The Bertz CT molecular complexity index is 696. The van der Waals surface area contributed by atoms with E-state index in [1.165, 1.54) is 0 Å². The molecule has 0 atom stereocenters. The van der Waals surface area contributed by atoms with E-state index in [-0.39, 0.29) is 18.4 Å². The highest BCUT2D eigenvalue weighted by Gasteiger charge is 2.22. The lowest BCUT2D eigenvalue weighted by Crippen LogP contribution is -2.34. The highest BCUT2D eigenvalue weighted by Crippen LogP contribution is 2.17. The van der Waals surface area contributed by atoms with E-state index < -0.39 is 0 Å². The fraction of sp³-hybridized carbons (Fsp3) is 0.267. The van der Waals surface area contributed by atoms with Crippen LogP contribution in [0.1, 0.15) is 12.8 Å². The number of carbonyl (C=O) groups excluding carboxylic acids is 2. The zero-order chi connectivity index (χ0) is 15.5. The molecule has 0 radical (unpaired) electrons. The molecule has 1 saturated heterocycles. The molecular formula is C15H15ClN4O2. The smallest absolute Gasteiger partial charge is 0.245 e. The van der Waals surface area contributed by atoms with Crippen LogP contribution >= 0.6 is 11.6 Å². The zero-order valence-corrected chi connectivity index (χ0v) is 12.6. The lowest BCUT2D eigenvalue weighted by Gasteiger charge is -2.15. The number of carbonyl (C=O) groups is 2. The van der Waals surface area contributed by atoms with Gasteiger partial charge < -0.3 is 10.2 Å². The maximum Gasteiger partial charge on any atom is 0.245 e. The molecule has 2 heterocycles. The van der Waals surface area contributed by atoms with Crippen LogP contribution in [-0.4, -0.2) is 39.6 Å². The van der Waals surface area contributed by atoms with E-state index in [1.807, 2.05) is 12.1 Å². The second-order valence-corrected chi connectivity index (χ2v) is 5.51. The van der Waals surface area contributed by atoms with Crippen molar-refractivity contribution in [3.63, 3.8) is 0 Å². The second-order valence-electron chi connectivity index (χ2n) is 5.07. The topological polar surface area (TPSA) is 67.2 Å². The van der Waals surface area contributed by atoms with Gasteiger partial charge in [-0.25, -0.2) is 4.68 Å². The summed E-state index contributed by atoms with van der Waals surface area (Å²) in [5, 5.41) is 7.61. The van der Waals surface area contributed by atoms with Crippen molar-refractivity contribution in [2.45, 2.75) is 12.8 Å². The fourth-order valence-corrected chi connectivity index (χ4v) is 2.54. The van der Waals surface area contributed by atoms with Crippen molar-refractivity contribution in [2.75, 3.05) is 18.4 Å². The minimum Gasteiger partial charge on any atom is -0.333 e. The summed E-state index contributed by atoms with van der Waals surface area (Å²) in [6.45, 7) is 0.716. The van der Waals surface area contributed by atoms with E-state index in [0.29, 0.717) is 23.8 Å². The first-order valence-corrected chi connectivity index (χ1v) is 7.39. The summed E-state index contributed by atoms with van der Waals surface area (Å²) in [7, 11) is 0. The van der Waals surface area contributed by atoms with Crippen LogP contribution in [0.3, 0.4) is 0 Å². The van der Waals surface area contributed by atoms with Crippen LogP contribution in [0.25, 0.3) is 5.69 Å². The van der Waals surface area contributed by atoms with Crippen molar-refractivity contribution in [3.8, 4) is 5.69 Å². The van der Waals surface area contributed by atoms with Crippen LogP contribution in [0.2, 0.25) is 5.02 Å². The molecule has 1 aliphatic rings. The summed E-state index contributed by atoms with van der Waals surface area (Å²) in [5.41, 5.74) is 0.793. The van der Waals surface area contributed by atoms with Crippen LogP contribution < -0.4 is 5.32 Å². The van der Waals surface area contributed by atoms with Crippen LogP contribution in [0.15, 0.2) is 36.5 Å². The molecule has 2 amide bonds. The Morgan fingerprint density at radius 1 is 1.27 bits per heavy atom. The SMILES string of the molecule is O=C(CN1CCCC1=O)Nc1ccnn1-c1ccc(Cl)cc1. The number of nitrogens with one attached hydrogen (secondary N) is 1. The number of hydrogen-bond donors (Lipinski definition) is 1. The number of aromatic nitrogens is 2. The average molecular weight is 319 g/mol. The molecule has 0 spiro atoms. The van der Waals surface area contributed by atoms with Gasteiger partial charge in [-0.15, -0.1) is 0 Å². The Hall–Kier alpha value is -2.34. The number of hydrogen-bond acceptors (Lipinski definition) is 3. The molecule has 1 N–H and O–H groups in total. The number of anilines is 1. The molecular weight excluding hydrogens is 304 g/mol. The highest BCUT2D eigenvalue weighted by atomic mass is 35.5. The van der Waals surface area contributed by atoms with Crippen molar-refractivity contribution in [3.05, 3.63) is 41.6 Å². The molecule has 2 aromatic rings. The van der Waals surface area contributed by atoms with Crippen molar-refractivity contribution in [2.24, 2.45) is 0 Å². The number of nitrogens with zero attached hydrogens (tertiary/aromatic N) is 3. The van der Waals surface area contributed by atoms with Crippen molar-refractivity contribution in [1.29, 1.82) is 0 Å². The normalized spacial score (nSPS) is 14.4. The van der Waals surface area contributed by atoms with Crippen LogP contribution in [-0.2, 0) is 9.59 Å². The van der Waals surface area contributed by atoms with E-state index in [1.54, 1.807) is 34.0 Å². The Labute approximate surface area is 132 Å². The predicted octanol–water partition coefficient (Wildman–Crippen LogP) is 2.09. The third kappa shape index (κ3) is 3.12. The monoisotopic (exact) mass is 318 g/mol. The largest absolute Gasteiger partial charge is 0.333 e. The molecule has 0 bridgehead atoms. The first-order valence-electron chi connectivity index (χ1n) is 7.01. The first kappa shape index (κ1) is 14.6. The molecule has 1 aliphatic heterocycles. The molecule has 7 heteroatoms. The molecule has 1 fully saturated rings. The summed E-state index contributed by atoms with van der Waals surface area (Å²) in [4.78, 5) is 25.2. The standard InChI is InChI=1S/C15H15ClN4O2/c16-11-3-5-12(6-4-11)20-13(7-8-17-20)18-14(21)10-19-9-1-2-15(19)22/h3-8H,1-2,9-10H2,(H,18,21). The van der Waals surface area contributed by atoms with E-state index in [0.717, 1.165) is 12.1 Å². The molecule has 3 rings (SSSR count). The second kappa shape index (κ2) is 6.19. The average Bonchev–Trinajstić information content (AvgIpc) is 3.10. The molecule has 0 saturated carbocycles. The molecule has 114 valence electrons. The maximum atomic E-state index is 12.1. The van der Waals surface area contributed by atoms with Gasteiger partial charge in [-0.1, -0.05) is 11.6 Å². The quantitative estimate of drug-likeness (QED) is 0.938. The van der Waals surface area contributed by atoms with Gasteiger partial charge in [0.25, 0.3) is 0 Å². The Balaban J connectivity index is 1.71. The Morgan fingerprint density at radius 2 is 2.05 bits per heavy atom. The van der Waals surface area contributed by atoms with Crippen molar-refractivity contribution in [1.82, 2.24) is 14.7 Å². The molecule has 0 aliphatic carbocycles. The van der Waals surface area contributed by atoms with Gasteiger partial charge in [0.05, 0.1) is 18.4 Å². The maximum absolute atomic E-state index is 12.1. The third-order valence-electron chi connectivity index (χ3n) is 3.49. The molecule has 0 unspecified atom stereocenters. The first-order chi connectivity index (χ1) is 10.6. The van der Waals surface area contributed by atoms with Gasteiger partial charge in [0.2, 0.25) is 11.8 Å². The van der Waals surface area contributed by atoms with E-state index in [4.69, 9.17) is 11.6 Å². The van der Waals surface area contributed by atoms with Crippen LogP contribution in [0.5, 0.6) is 0 Å². The van der Waals surface area contributed by atoms with Crippen LogP contribution in [0.4, 0.5) is 5.82 Å². The van der Waals surface area contributed by atoms with Crippen LogP contribution in [0, 0.1) is 0 Å². The lowest BCUT2D eigenvalue weighted by atomic mass is 10.3. The Morgan fingerprint density at radius 3 is 2.73 bits per heavy atom. The summed E-state index contributed by atoms with van der Waals surface area (Å²) < 4.78 is 1.61. The predicted molar refractivity (Wildman–Crippen MR) is 83.0 cm³/mol. The van der Waals surface area contributed by atoms with Gasteiger partial charge in [0.15, 0.2) is 0 Å². The van der Waals surface area contributed by atoms with Gasteiger partial charge in [0, 0.05) is 24.1 Å². The van der Waals surface area contributed by atoms with E-state index >= 15 is 0 Å². The van der Waals surface area contributed by atoms with Gasteiger partial charge in [-0.05, 0) is 30.7 Å². The molecule has 6 nitrogen and oxygen atoms in total. The number of benzene rings is 1. The summed E-state index contributed by atoms with van der Waals surface area (Å²) in [5.74, 6) is 0.353. The van der Waals surface area contributed by atoms with Gasteiger partial charge in [-0.2, -0.15) is 5.10 Å². The van der Waals surface area contributed by atoms with Gasteiger partial charge >= 0.3 is 0 Å². The molecule has 1 aromatic heterocycles. The number of halogens is 1. The van der Waals surface area contributed by atoms with E-state index in [2.05, 4.69) is 10.4 Å². The highest BCUT2D eigenvalue weighted by molar-refractivity contribution is 6.30.